The van der Waals surface area contributed by atoms with Crippen molar-refractivity contribution in [2.75, 3.05) is 0 Å². The van der Waals surface area contributed by atoms with Crippen molar-refractivity contribution < 1.29 is 14.6 Å². The predicted octanol–water partition coefficient (Wildman–Crippen LogP) is 2.66. The van der Waals surface area contributed by atoms with Gasteiger partial charge in [0.2, 0.25) is 5.76 Å². The van der Waals surface area contributed by atoms with Crippen LogP contribution in [0.25, 0.3) is 0 Å². The van der Waals surface area contributed by atoms with Gasteiger partial charge < -0.3 is 9.63 Å². The molecule has 0 fully saturated rings. The number of aromatic nitrogens is 1. The van der Waals surface area contributed by atoms with Gasteiger partial charge >= 0.3 is 5.69 Å². The first-order valence-corrected chi connectivity index (χ1v) is 6.19. The molecule has 1 aromatic rings. The van der Waals surface area contributed by atoms with Crippen LogP contribution in [0.3, 0.4) is 0 Å². The van der Waals surface area contributed by atoms with Crippen molar-refractivity contribution in [3.8, 4) is 0 Å². The molecule has 0 bridgehead atoms. The highest BCUT2D eigenvalue weighted by molar-refractivity contribution is 5.40. The molecule has 1 heterocycles. The molecular weight excluding hydrogens is 236 g/mol. The van der Waals surface area contributed by atoms with E-state index in [-0.39, 0.29) is 11.4 Å². The van der Waals surface area contributed by atoms with E-state index in [0.29, 0.717) is 24.5 Å². The minimum absolute atomic E-state index is 0.0900. The highest BCUT2D eigenvalue weighted by atomic mass is 16.6. The second kappa shape index (κ2) is 5.95. The van der Waals surface area contributed by atoms with Crippen LogP contribution in [0.4, 0.5) is 5.69 Å². The Hall–Kier alpha value is -1.43. The van der Waals surface area contributed by atoms with Crippen LogP contribution in [0, 0.1) is 16.0 Å². The fourth-order valence-corrected chi connectivity index (χ4v) is 1.92. The normalized spacial score (nSPS) is 14.8. The summed E-state index contributed by atoms with van der Waals surface area (Å²) in [7, 11) is 0. The van der Waals surface area contributed by atoms with Gasteiger partial charge in [-0.25, -0.2) is 0 Å². The highest BCUT2D eigenvalue weighted by Gasteiger charge is 2.33. The lowest BCUT2D eigenvalue weighted by molar-refractivity contribution is -0.387. The van der Waals surface area contributed by atoms with Crippen LogP contribution in [0.5, 0.6) is 0 Å². The Bertz CT molecular complexity index is 414. The van der Waals surface area contributed by atoms with Crippen LogP contribution in [0.15, 0.2) is 4.52 Å². The van der Waals surface area contributed by atoms with Gasteiger partial charge in [-0.3, -0.25) is 10.1 Å². The van der Waals surface area contributed by atoms with Crippen molar-refractivity contribution in [3.63, 3.8) is 0 Å². The third-order valence-corrected chi connectivity index (χ3v) is 2.98. The maximum absolute atomic E-state index is 11.0. The van der Waals surface area contributed by atoms with Gasteiger partial charge in [-0.05, 0) is 18.8 Å². The molecule has 18 heavy (non-hydrogen) atoms. The Morgan fingerprint density at radius 3 is 2.50 bits per heavy atom. The number of aryl methyl sites for hydroxylation is 1. The maximum atomic E-state index is 11.0. The third kappa shape index (κ3) is 3.07. The fraction of sp³-hybridized carbons (Fsp3) is 0.750. The molecule has 6 heteroatoms. The molecule has 0 aliphatic rings. The number of rotatable bonds is 6. The number of hydrogen-bond donors (Lipinski definition) is 1. The summed E-state index contributed by atoms with van der Waals surface area (Å²) >= 11 is 0. The van der Waals surface area contributed by atoms with Crippen LogP contribution in [0.2, 0.25) is 0 Å². The smallest absolute Gasteiger partial charge is 0.335 e. The molecule has 6 nitrogen and oxygen atoms in total. The summed E-state index contributed by atoms with van der Waals surface area (Å²) in [4.78, 5) is 10.6. The Morgan fingerprint density at radius 2 is 2.06 bits per heavy atom. The molecule has 0 spiro atoms. The zero-order valence-corrected chi connectivity index (χ0v) is 11.2. The molecule has 102 valence electrons. The van der Waals surface area contributed by atoms with Gasteiger partial charge in [0.1, 0.15) is 0 Å². The number of aliphatic hydroxyl groups excluding tert-OH is 1. The number of aliphatic hydroxyl groups is 1. The Balaban J connectivity index is 3.02. The summed E-state index contributed by atoms with van der Waals surface area (Å²) < 4.78 is 5.06. The van der Waals surface area contributed by atoms with Gasteiger partial charge in [-0.2, -0.15) is 0 Å². The summed E-state index contributed by atoms with van der Waals surface area (Å²) in [5, 5.41) is 24.8. The summed E-state index contributed by atoms with van der Waals surface area (Å²) in [6.07, 6.45) is 0.342. The maximum Gasteiger partial charge on any atom is 0.335 e. The highest BCUT2D eigenvalue weighted by Crippen LogP contribution is 2.33. The van der Waals surface area contributed by atoms with E-state index >= 15 is 0 Å². The van der Waals surface area contributed by atoms with E-state index < -0.39 is 16.9 Å². The largest absolute Gasteiger partial charge is 0.392 e. The summed E-state index contributed by atoms with van der Waals surface area (Å²) in [6, 6.07) is 0. The SMILES string of the molecule is CCc1noc(C(C)C(O)CC(C)C)c1[N+](=O)[O-]. The summed E-state index contributed by atoms with van der Waals surface area (Å²) in [6.45, 7) is 7.48. The molecule has 2 atom stereocenters. The minimum atomic E-state index is -0.665. The van der Waals surface area contributed by atoms with E-state index in [2.05, 4.69) is 5.16 Å². The van der Waals surface area contributed by atoms with E-state index in [0.717, 1.165) is 0 Å². The molecule has 0 saturated carbocycles. The van der Waals surface area contributed by atoms with Gasteiger partial charge in [0.05, 0.1) is 16.9 Å². The Labute approximate surface area is 106 Å². The van der Waals surface area contributed by atoms with Crippen LogP contribution >= 0.6 is 0 Å². The first kappa shape index (κ1) is 14.6. The molecular formula is C12H20N2O4. The first-order chi connectivity index (χ1) is 8.38. The molecule has 0 aliphatic carbocycles. The van der Waals surface area contributed by atoms with E-state index in [1.165, 1.54) is 0 Å². The van der Waals surface area contributed by atoms with Crippen LogP contribution in [-0.2, 0) is 6.42 Å². The topological polar surface area (TPSA) is 89.4 Å². The van der Waals surface area contributed by atoms with Crippen molar-refractivity contribution in [3.05, 3.63) is 21.6 Å². The predicted molar refractivity (Wildman–Crippen MR) is 66.4 cm³/mol. The second-order valence-electron chi connectivity index (χ2n) is 4.94. The zero-order chi connectivity index (χ0) is 13.9. The molecule has 0 saturated heterocycles. The van der Waals surface area contributed by atoms with Gasteiger partial charge in [-0.15, -0.1) is 0 Å². The summed E-state index contributed by atoms with van der Waals surface area (Å²) in [5.74, 6) is 0.0562. The van der Waals surface area contributed by atoms with Crippen LogP contribution in [-0.4, -0.2) is 21.3 Å². The molecule has 2 unspecified atom stereocenters. The molecule has 1 rings (SSSR count). The van der Waals surface area contributed by atoms with E-state index in [4.69, 9.17) is 4.52 Å². The van der Waals surface area contributed by atoms with Crippen LogP contribution in [0.1, 0.15) is 51.5 Å². The monoisotopic (exact) mass is 256 g/mol. The zero-order valence-electron chi connectivity index (χ0n) is 11.2. The van der Waals surface area contributed by atoms with Gasteiger partial charge in [0.25, 0.3) is 0 Å². The van der Waals surface area contributed by atoms with E-state index in [1.54, 1.807) is 13.8 Å². The Morgan fingerprint density at radius 1 is 1.44 bits per heavy atom. The minimum Gasteiger partial charge on any atom is -0.392 e. The lowest BCUT2D eigenvalue weighted by Gasteiger charge is -2.17. The molecule has 0 radical (unpaired) electrons. The van der Waals surface area contributed by atoms with Crippen molar-refractivity contribution in [2.24, 2.45) is 5.92 Å². The third-order valence-electron chi connectivity index (χ3n) is 2.98. The van der Waals surface area contributed by atoms with Gasteiger partial charge in [-0.1, -0.05) is 32.9 Å². The average Bonchev–Trinajstić information content (AvgIpc) is 2.70. The van der Waals surface area contributed by atoms with Crippen LogP contribution < -0.4 is 0 Å². The average molecular weight is 256 g/mol. The number of nitrogens with zero attached hydrogens (tertiary/aromatic N) is 2. The number of nitro groups is 1. The quantitative estimate of drug-likeness (QED) is 0.624. The fourth-order valence-electron chi connectivity index (χ4n) is 1.92. The Kier molecular flexibility index (Phi) is 4.84. The molecule has 0 aliphatic heterocycles. The first-order valence-electron chi connectivity index (χ1n) is 6.19. The van der Waals surface area contributed by atoms with Crippen molar-refractivity contribution in [1.29, 1.82) is 0 Å². The van der Waals surface area contributed by atoms with Crippen molar-refractivity contribution >= 4 is 5.69 Å². The van der Waals surface area contributed by atoms with E-state index in [1.807, 2.05) is 13.8 Å². The lowest BCUT2D eigenvalue weighted by Crippen LogP contribution is -2.18. The standard InChI is InChI=1S/C12H20N2O4/c1-5-9-11(14(16)17)12(18-13-9)8(4)10(15)6-7(2)3/h7-8,10,15H,5-6H2,1-4H3. The molecule has 1 aromatic heterocycles. The van der Waals surface area contributed by atoms with E-state index in [9.17, 15) is 15.2 Å². The van der Waals surface area contributed by atoms with Gasteiger partial charge in [0, 0.05) is 0 Å². The lowest BCUT2D eigenvalue weighted by atomic mass is 9.93. The van der Waals surface area contributed by atoms with Gasteiger partial charge in [0.15, 0.2) is 5.69 Å². The molecule has 0 aromatic carbocycles. The number of hydrogen-bond acceptors (Lipinski definition) is 5. The molecule has 1 N–H and O–H groups in total. The molecule has 0 amide bonds. The van der Waals surface area contributed by atoms with Crippen molar-refractivity contribution in [1.82, 2.24) is 5.16 Å². The van der Waals surface area contributed by atoms with Crippen molar-refractivity contribution in [2.45, 2.75) is 52.6 Å². The second-order valence-corrected chi connectivity index (χ2v) is 4.94. The summed E-state index contributed by atoms with van der Waals surface area (Å²) in [5.41, 5.74) is 0.242.